The fraction of sp³-hybridized carbons (Fsp3) is 0.0909. The molecule has 17 heavy (non-hydrogen) atoms. The molecule has 0 fully saturated rings. The molecule has 88 valence electrons. The van der Waals surface area contributed by atoms with Gasteiger partial charge in [0.1, 0.15) is 22.3 Å². The van der Waals surface area contributed by atoms with E-state index in [2.05, 4.69) is 9.97 Å². The number of hydrogen-bond donors (Lipinski definition) is 1. The topological polar surface area (TPSA) is 46.0 Å². The van der Waals surface area contributed by atoms with Crippen LogP contribution in [0.1, 0.15) is 5.56 Å². The van der Waals surface area contributed by atoms with Crippen molar-refractivity contribution in [1.82, 2.24) is 9.97 Å². The smallest absolute Gasteiger partial charge is 0.139 e. The number of halogens is 2. The molecule has 0 bridgehead atoms. The van der Waals surface area contributed by atoms with Crippen LogP contribution in [0.15, 0.2) is 40.5 Å². The van der Waals surface area contributed by atoms with Crippen molar-refractivity contribution in [3.05, 3.63) is 47.1 Å². The lowest BCUT2D eigenvalue weighted by atomic mass is 10.3. The summed E-state index contributed by atoms with van der Waals surface area (Å²) >= 11 is 7.14. The second-order valence-electron chi connectivity index (χ2n) is 3.16. The summed E-state index contributed by atoms with van der Waals surface area (Å²) in [5.74, 6) is -0.294. The SMILES string of the molecule is OCc1c(Cl)ncnc1Sc1ccc(F)cc1. The van der Waals surface area contributed by atoms with Gasteiger partial charge < -0.3 is 5.11 Å². The Kier molecular flexibility index (Phi) is 3.93. The minimum atomic E-state index is -0.294. The van der Waals surface area contributed by atoms with Crippen LogP contribution in [0.3, 0.4) is 0 Å². The average molecular weight is 271 g/mol. The summed E-state index contributed by atoms with van der Waals surface area (Å²) in [6.45, 7) is -0.233. The van der Waals surface area contributed by atoms with Crippen molar-refractivity contribution in [2.75, 3.05) is 0 Å². The molecule has 1 N–H and O–H groups in total. The number of aliphatic hydroxyl groups excluding tert-OH is 1. The maximum Gasteiger partial charge on any atom is 0.139 e. The number of aromatic nitrogens is 2. The van der Waals surface area contributed by atoms with Gasteiger partial charge in [0.15, 0.2) is 0 Å². The first kappa shape index (κ1) is 12.3. The molecule has 0 spiro atoms. The van der Waals surface area contributed by atoms with Gasteiger partial charge in [0.2, 0.25) is 0 Å². The summed E-state index contributed by atoms with van der Waals surface area (Å²) in [7, 11) is 0. The number of rotatable bonds is 3. The molecule has 0 amide bonds. The summed E-state index contributed by atoms with van der Waals surface area (Å²) in [6, 6.07) is 6.00. The van der Waals surface area contributed by atoms with Gasteiger partial charge >= 0.3 is 0 Å². The molecule has 0 saturated carbocycles. The highest BCUT2D eigenvalue weighted by Gasteiger charge is 2.10. The third-order valence-corrected chi connectivity index (χ3v) is 3.42. The Hall–Kier alpha value is -1.17. The second-order valence-corrected chi connectivity index (χ2v) is 4.58. The van der Waals surface area contributed by atoms with Gasteiger partial charge in [0.25, 0.3) is 0 Å². The molecule has 3 nitrogen and oxygen atoms in total. The molecule has 1 aromatic carbocycles. The van der Waals surface area contributed by atoms with Crippen LogP contribution in [-0.4, -0.2) is 15.1 Å². The van der Waals surface area contributed by atoms with Crippen molar-refractivity contribution < 1.29 is 9.50 Å². The van der Waals surface area contributed by atoms with Crippen LogP contribution in [0, 0.1) is 5.82 Å². The minimum absolute atomic E-state index is 0.229. The third kappa shape index (κ3) is 2.94. The first-order valence-electron chi connectivity index (χ1n) is 4.74. The zero-order chi connectivity index (χ0) is 12.3. The number of aliphatic hydroxyl groups is 1. The molecule has 0 aliphatic carbocycles. The normalized spacial score (nSPS) is 10.5. The van der Waals surface area contributed by atoms with Crippen molar-refractivity contribution in [2.24, 2.45) is 0 Å². The van der Waals surface area contributed by atoms with Crippen molar-refractivity contribution in [2.45, 2.75) is 16.5 Å². The molecule has 1 aromatic heterocycles. The summed E-state index contributed by atoms with van der Waals surface area (Å²) in [4.78, 5) is 8.64. The van der Waals surface area contributed by atoms with E-state index in [9.17, 15) is 9.50 Å². The predicted octanol–water partition coefficient (Wildman–Crippen LogP) is 2.91. The first-order chi connectivity index (χ1) is 8.20. The molecule has 2 aromatic rings. The molecule has 0 radical (unpaired) electrons. The Morgan fingerprint density at radius 1 is 1.24 bits per heavy atom. The summed E-state index contributed by atoms with van der Waals surface area (Å²) in [5, 5.41) is 9.98. The van der Waals surface area contributed by atoms with Gasteiger partial charge in [-0.1, -0.05) is 23.4 Å². The number of benzene rings is 1. The molecular formula is C11H8ClFN2OS. The van der Waals surface area contributed by atoms with Crippen molar-refractivity contribution >= 4 is 23.4 Å². The Labute approximate surface area is 107 Å². The van der Waals surface area contributed by atoms with E-state index in [0.29, 0.717) is 10.6 Å². The zero-order valence-corrected chi connectivity index (χ0v) is 10.2. The largest absolute Gasteiger partial charge is 0.391 e. The van der Waals surface area contributed by atoms with Gasteiger partial charge in [0.05, 0.1) is 6.61 Å². The Bertz CT molecular complexity index is 521. The lowest BCUT2D eigenvalue weighted by Gasteiger charge is -2.06. The first-order valence-corrected chi connectivity index (χ1v) is 5.94. The van der Waals surface area contributed by atoms with E-state index in [4.69, 9.17) is 11.6 Å². The monoisotopic (exact) mass is 270 g/mol. The fourth-order valence-corrected chi connectivity index (χ4v) is 2.34. The molecular weight excluding hydrogens is 263 g/mol. The van der Waals surface area contributed by atoms with Crippen LogP contribution in [0.4, 0.5) is 4.39 Å². The van der Waals surface area contributed by atoms with E-state index in [1.54, 1.807) is 12.1 Å². The molecule has 0 unspecified atom stereocenters. The van der Waals surface area contributed by atoms with Crippen molar-refractivity contribution in [1.29, 1.82) is 0 Å². The summed E-state index contributed by atoms with van der Waals surface area (Å²) in [5.41, 5.74) is 0.475. The van der Waals surface area contributed by atoms with E-state index in [1.807, 2.05) is 0 Å². The molecule has 0 aliphatic heterocycles. The third-order valence-electron chi connectivity index (χ3n) is 2.04. The fourth-order valence-electron chi connectivity index (χ4n) is 1.21. The molecule has 2 rings (SSSR count). The van der Waals surface area contributed by atoms with Gasteiger partial charge in [-0.25, -0.2) is 14.4 Å². The lowest BCUT2D eigenvalue weighted by molar-refractivity contribution is 0.277. The standard InChI is InChI=1S/C11H8ClFN2OS/c12-10-9(5-16)11(15-6-14-10)17-8-3-1-7(13)2-4-8/h1-4,6,16H,5H2. The Morgan fingerprint density at radius 2 is 1.94 bits per heavy atom. The molecule has 0 aliphatic rings. The highest BCUT2D eigenvalue weighted by Crippen LogP contribution is 2.30. The van der Waals surface area contributed by atoms with Crippen LogP contribution in [0.2, 0.25) is 5.15 Å². The molecule has 0 atom stereocenters. The molecule has 1 heterocycles. The quantitative estimate of drug-likeness (QED) is 0.871. The number of hydrogen-bond acceptors (Lipinski definition) is 4. The van der Waals surface area contributed by atoms with Crippen LogP contribution >= 0.6 is 23.4 Å². The summed E-state index contributed by atoms with van der Waals surface area (Å²) < 4.78 is 12.7. The predicted molar refractivity (Wildman–Crippen MR) is 63.5 cm³/mol. The van der Waals surface area contributed by atoms with Gasteiger partial charge in [-0.15, -0.1) is 0 Å². The molecule has 6 heteroatoms. The Balaban J connectivity index is 2.29. The van der Waals surface area contributed by atoms with E-state index in [0.717, 1.165) is 4.90 Å². The van der Waals surface area contributed by atoms with Crippen LogP contribution in [-0.2, 0) is 6.61 Å². The zero-order valence-electron chi connectivity index (χ0n) is 8.60. The van der Waals surface area contributed by atoms with Crippen molar-refractivity contribution in [3.8, 4) is 0 Å². The minimum Gasteiger partial charge on any atom is -0.391 e. The van der Waals surface area contributed by atoms with Gasteiger partial charge in [-0.2, -0.15) is 0 Å². The van der Waals surface area contributed by atoms with Crippen LogP contribution in [0.25, 0.3) is 0 Å². The van der Waals surface area contributed by atoms with Gasteiger partial charge in [-0.05, 0) is 24.3 Å². The van der Waals surface area contributed by atoms with E-state index >= 15 is 0 Å². The van der Waals surface area contributed by atoms with Gasteiger partial charge in [-0.3, -0.25) is 0 Å². The van der Waals surface area contributed by atoms with E-state index in [-0.39, 0.29) is 17.6 Å². The van der Waals surface area contributed by atoms with Gasteiger partial charge in [0, 0.05) is 10.5 Å². The lowest BCUT2D eigenvalue weighted by Crippen LogP contribution is -1.95. The highest BCUT2D eigenvalue weighted by molar-refractivity contribution is 7.99. The van der Waals surface area contributed by atoms with E-state index < -0.39 is 0 Å². The maximum absolute atomic E-state index is 12.7. The average Bonchev–Trinajstić information content (AvgIpc) is 2.32. The van der Waals surface area contributed by atoms with Crippen LogP contribution < -0.4 is 0 Å². The molecule has 0 saturated heterocycles. The van der Waals surface area contributed by atoms with Crippen LogP contribution in [0.5, 0.6) is 0 Å². The maximum atomic E-state index is 12.7. The highest BCUT2D eigenvalue weighted by atomic mass is 35.5. The number of nitrogens with zero attached hydrogens (tertiary/aromatic N) is 2. The summed E-state index contributed by atoms with van der Waals surface area (Å²) in [6.07, 6.45) is 1.33. The second kappa shape index (κ2) is 5.44. The Morgan fingerprint density at radius 3 is 2.59 bits per heavy atom. The van der Waals surface area contributed by atoms with E-state index in [1.165, 1.54) is 30.2 Å². The van der Waals surface area contributed by atoms with Crippen molar-refractivity contribution in [3.63, 3.8) is 0 Å².